The van der Waals surface area contributed by atoms with E-state index < -0.39 is 0 Å². The molecule has 1 fully saturated rings. The second-order valence-electron chi connectivity index (χ2n) is 9.17. The van der Waals surface area contributed by atoms with Crippen LogP contribution < -0.4 is 5.32 Å². The Bertz CT molecular complexity index is 1140. The summed E-state index contributed by atoms with van der Waals surface area (Å²) in [6, 6.07) is 15.1. The number of carbonyl (C=O) groups excluding carboxylic acids is 2. The Hall–Kier alpha value is -3.65. The molecule has 1 aliphatic heterocycles. The molecule has 0 spiro atoms. The number of carbonyl (C=O) groups is 2. The van der Waals surface area contributed by atoms with Crippen molar-refractivity contribution in [2.75, 3.05) is 25.0 Å². The smallest absolute Gasteiger partial charge is 0.322 e. The second kappa shape index (κ2) is 11.9. The largest absolute Gasteiger partial charge is 0.467 e. The number of furan rings is 1. The van der Waals surface area contributed by atoms with E-state index in [-0.39, 0.29) is 43.5 Å². The molecule has 1 atom stereocenters. The molecule has 190 valence electrons. The van der Waals surface area contributed by atoms with Crippen molar-refractivity contribution in [3.05, 3.63) is 89.1 Å². The number of hydrogen-bond donors (Lipinski definition) is 1. The van der Waals surface area contributed by atoms with Crippen molar-refractivity contribution >= 4 is 17.6 Å². The van der Waals surface area contributed by atoms with Crippen molar-refractivity contribution in [3.63, 3.8) is 0 Å². The first-order valence-electron chi connectivity index (χ1n) is 12.2. The molecule has 7 nitrogen and oxygen atoms in total. The molecule has 0 bridgehead atoms. The number of amides is 3. The summed E-state index contributed by atoms with van der Waals surface area (Å²) in [4.78, 5) is 30.1. The quantitative estimate of drug-likeness (QED) is 0.440. The number of para-hydroxylation sites is 1. The minimum absolute atomic E-state index is 0.114. The topological polar surface area (TPSA) is 75.0 Å². The van der Waals surface area contributed by atoms with Crippen LogP contribution in [-0.2, 0) is 22.6 Å². The average Bonchev–Trinajstić information content (AvgIpc) is 3.56. The first-order valence-corrected chi connectivity index (χ1v) is 12.2. The third-order valence-electron chi connectivity index (χ3n) is 6.34. The summed E-state index contributed by atoms with van der Waals surface area (Å²) in [6.07, 6.45) is 3.21. The van der Waals surface area contributed by atoms with Gasteiger partial charge in [0.25, 0.3) is 0 Å². The summed E-state index contributed by atoms with van der Waals surface area (Å²) in [5, 5.41) is 3.00. The van der Waals surface area contributed by atoms with Crippen LogP contribution in [0, 0.1) is 19.7 Å². The van der Waals surface area contributed by atoms with Gasteiger partial charge in [-0.2, -0.15) is 0 Å². The predicted molar refractivity (Wildman–Crippen MR) is 135 cm³/mol. The van der Waals surface area contributed by atoms with Gasteiger partial charge in [0.2, 0.25) is 5.91 Å². The summed E-state index contributed by atoms with van der Waals surface area (Å²) >= 11 is 0. The molecular weight excluding hydrogens is 461 g/mol. The van der Waals surface area contributed by atoms with Gasteiger partial charge in [-0.1, -0.05) is 30.3 Å². The number of urea groups is 1. The van der Waals surface area contributed by atoms with Crippen molar-refractivity contribution in [1.29, 1.82) is 0 Å². The highest BCUT2D eigenvalue weighted by atomic mass is 19.1. The molecule has 4 rings (SSSR count). The summed E-state index contributed by atoms with van der Waals surface area (Å²) in [5.74, 6) is 0.0371. The van der Waals surface area contributed by atoms with E-state index in [0.717, 1.165) is 35.2 Å². The lowest BCUT2D eigenvalue weighted by Gasteiger charge is -2.29. The standard InChI is InChI=1S/C28H32FN3O4/c1-20-6-3-7-21(2)27(20)30-28(34)32(18-25-9-5-15-36-25)19-26(33)31(17-24-8-4-14-35-24)16-22-10-12-23(29)13-11-22/h3-4,6-8,10-14,25H,5,9,15-19H2,1-2H3,(H,30,34). The maximum Gasteiger partial charge on any atom is 0.322 e. The molecule has 1 aromatic heterocycles. The molecular formula is C28H32FN3O4. The van der Waals surface area contributed by atoms with Gasteiger partial charge >= 0.3 is 6.03 Å². The number of anilines is 1. The van der Waals surface area contributed by atoms with Gasteiger partial charge in [0.15, 0.2) is 0 Å². The first-order chi connectivity index (χ1) is 17.4. The summed E-state index contributed by atoms with van der Waals surface area (Å²) in [7, 11) is 0. The van der Waals surface area contributed by atoms with E-state index in [9.17, 15) is 14.0 Å². The number of aryl methyl sites for hydroxylation is 2. The molecule has 36 heavy (non-hydrogen) atoms. The molecule has 3 aromatic rings. The van der Waals surface area contributed by atoms with E-state index in [1.54, 1.807) is 35.4 Å². The van der Waals surface area contributed by atoms with Crippen LogP contribution in [0.1, 0.15) is 35.3 Å². The van der Waals surface area contributed by atoms with Crippen molar-refractivity contribution in [2.45, 2.75) is 45.9 Å². The van der Waals surface area contributed by atoms with Gasteiger partial charge in [0, 0.05) is 25.4 Å². The van der Waals surface area contributed by atoms with Gasteiger partial charge in [0.1, 0.15) is 18.1 Å². The van der Waals surface area contributed by atoms with Crippen LogP contribution in [0.25, 0.3) is 0 Å². The van der Waals surface area contributed by atoms with Crippen molar-refractivity contribution < 1.29 is 23.1 Å². The van der Waals surface area contributed by atoms with Gasteiger partial charge in [-0.15, -0.1) is 0 Å². The van der Waals surface area contributed by atoms with Crippen LogP contribution in [0.4, 0.5) is 14.9 Å². The zero-order chi connectivity index (χ0) is 25.5. The van der Waals surface area contributed by atoms with E-state index in [1.165, 1.54) is 17.0 Å². The Labute approximate surface area is 210 Å². The maximum atomic E-state index is 13.6. The van der Waals surface area contributed by atoms with E-state index in [1.807, 2.05) is 32.0 Å². The zero-order valence-corrected chi connectivity index (χ0v) is 20.7. The minimum Gasteiger partial charge on any atom is -0.467 e. The average molecular weight is 494 g/mol. The fraction of sp³-hybridized carbons (Fsp3) is 0.357. The third-order valence-corrected chi connectivity index (χ3v) is 6.34. The molecule has 0 saturated carbocycles. The fourth-order valence-electron chi connectivity index (χ4n) is 4.35. The molecule has 0 aliphatic carbocycles. The highest BCUT2D eigenvalue weighted by molar-refractivity contribution is 5.93. The van der Waals surface area contributed by atoms with Crippen LogP contribution in [0.15, 0.2) is 65.3 Å². The number of ether oxygens (including phenoxy) is 1. The van der Waals surface area contributed by atoms with Crippen LogP contribution in [0.2, 0.25) is 0 Å². The van der Waals surface area contributed by atoms with Crippen LogP contribution in [-0.4, -0.2) is 47.5 Å². The van der Waals surface area contributed by atoms with E-state index >= 15 is 0 Å². The first kappa shape index (κ1) is 25.4. The highest BCUT2D eigenvalue weighted by Gasteiger charge is 2.27. The molecule has 1 N–H and O–H groups in total. The number of nitrogens with zero attached hydrogens (tertiary/aromatic N) is 2. The monoisotopic (exact) mass is 493 g/mol. The molecule has 2 aromatic carbocycles. The normalized spacial score (nSPS) is 15.0. The number of hydrogen-bond acceptors (Lipinski definition) is 4. The summed E-state index contributed by atoms with van der Waals surface area (Å²) < 4.78 is 24.7. The predicted octanol–water partition coefficient (Wildman–Crippen LogP) is 5.28. The molecule has 3 amide bonds. The van der Waals surface area contributed by atoms with E-state index in [4.69, 9.17) is 9.15 Å². The van der Waals surface area contributed by atoms with Gasteiger partial charge < -0.3 is 24.3 Å². The van der Waals surface area contributed by atoms with Crippen molar-refractivity contribution in [2.24, 2.45) is 0 Å². The fourth-order valence-corrected chi connectivity index (χ4v) is 4.35. The zero-order valence-electron chi connectivity index (χ0n) is 20.7. The number of halogens is 1. The Morgan fingerprint density at radius 3 is 2.39 bits per heavy atom. The van der Waals surface area contributed by atoms with Gasteiger partial charge in [-0.3, -0.25) is 4.79 Å². The Balaban J connectivity index is 1.53. The van der Waals surface area contributed by atoms with Gasteiger partial charge in [-0.25, -0.2) is 9.18 Å². The lowest BCUT2D eigenvalue weighted by atomic mass is 10.1. The Morgan fingerprint density at radius 1 is 1.00 bits per heavy atom. The summed E-state index contributed by atoms with van der Waals surface area (Å²) in [5.41, 5.74) is 3.41. The number of nitrogens with one attached hydrogen (secondary N) is 1. The van der Waals surface area contributed by atoms with Gasteiger partial charge in [-0.05, 0) is 67.6 Å². The van der Waals surface area contributed by atoms with Crippen molar-refractivity contribution in [3.8, 4) is 0 Å². The number of rotatable bonds is 9. The lowest BCUT2D eigenvalue weighted by Crippen LogP contribution is -2.47. The molecule has 8 heteroatoms. The summed E-state index contributed by atoms with van der Waals surface area (Å²) in [6.45, 7) is 5.20. The Kier molecular flexibility index (Phi) is 8.38. The maximum absolute atomic E-state index is 13.6. The van der Waals surface area contributed by atoms with Crippen molar-refractivity contribution in [1.82, 2.24) is 9.80 Å². The van der Waals surface area contributed by atoms with E-state index in [2.05, 4.69) is 5.32 Å². The molecule has 1 saturated heterocycles. The lowest BCUT2D eigenvalue weighted by molar-refractivity contribution is -0.133. The van der Waals surface area contributed by atoms with E-state index in [0.29, 0.717) is 18.9 Å². The second-order valence-corrected chi connectivity index (χ2v) is 9.17. The Morgan fingerprint density at radius 2 is 1.75 bits per heavy atom. The number of benzene rings is 2. The third kappa shape index (κ3) is 6.73. The minimum atomic E-state index is -0.351. The van der Waals surface area contributed by atoms with Crippen LogP contribution in [0.3, 0.4) is 0 Å². The molecule has 2 heterocycles. The van der Waals surface area contributed by atoms with Crippen LogP contribution in [0.5, 0.6) is 0 Å². The SMILES string of the molecule is Cc1cccc(C)c1NC(=O)N(CC(=O)N(Cc1ccc(F)cc1)Cc1ccco1)CC1CCCO1. The molecule has 1 unspecified atom stereocenters. The molecule has 0 radical (unpaired) electrons. The molecule has 1 aliphatic rings. The van der Waals surface area contributed by atoms with Crippen LogP contribution >= 0.6 is 0 Å². The highest BCUT2D eigenvalue weighted by Crippen LogP contribution is 2.21. The van der Waals surface area contributed by atoms with Gasteiger partial charge in [0.05, 0.1) is 18.9 Å².